The van der Waals surface area contributed by atoms with Crippen molar-refractivity contribution in [3.8, 4) is 78.7 Å². The van der Waals surface area contributed by atoms with Gasteiger partial charge in [0, 0.05) is 32.9 Å². The first-order valence-corrected chi connectivity index (χ1v) is 19.8. The average Bonchev–Trinajstić information content (AvgIpc) is 3.78. The van der Waals surface area contributed by atoms with E-state index in [2.05, 4.69) is 166 Å². The molecule has 0 aliphatic heterocycles. The lowest BCUT2D eigenvalue weighted by molar-refractivity contribution is 0.661. The molecule has 0 radical (unpaired) electrons. The molecule has 8 aromatic carbocycles. The molecule has 0 atom stereocenters. The van der Waals surface area contributed by atoms with Gasteiger partial charge < -0.3 is 4.42 Å². The third kappa shape index (κ3) is 5.56. The lowest BCUT2D eigenvalue weighted by atomic mass is 9.80. The zero-order valence-electron chi connectivity index (χ0n) is 32.1. The van der Waals surface area contributed by atoms with Crippen molar-refractivity contribution < 1.29 is 4.42 Å². The molecule has 0 amide bonds. The van der Waals surface area contributed by atoms with E-state index in [0.717, 1.165) is 49.8 Å². The molecule has 274 valence electrons. The van der Waals surface area contributed by atoms with Crippen LogP contribution < -0.4 is 0 Å². The summed E-state index contributed by atoms with van der Waals surface area (Å²) in [6, 6.07) is 66.2. The first kappa shape index (κ1) is 33.9. The predicted octanol–water partition coefficient (Wildman–Crippen LogP) is 14.1. The van der Waals surface area contributed by atoms with E-state index in [4.69, 9.17) is 19.4 Å². The molecule has 4 nitrogen and oxygen atoms in total. The van der Waals surface area contributed by atoms with Crippen molar-refractivity contribution in [1.29, 1.82) is 0 Å². The second-order valence-electron chi connectivity index (χ2n) is 15.6. The molecular formula is C54H37N3O. The van der Waals surface area contributed by atoms with Gasteiger partial charge in [-0.05, 0) is 86.0 Å². The van der Waals surface area contributed by atoms with Crippen LogP contribution >= 0.6 is 0 Å². The van der Waals surface area contributed by atoms with Gasteiger partial charge in [0.2, 0.25) is 0 Å². The fraction of sp³-hybridized carbons (Fsp3) is 0.0556. The summed E-state index contributed by atoms with van der Waals surface area (Å²) >= 11 is 0. The molecule has 2 heterocycles. The second kappa shape index (κ2) is 13.4. The number of fused-ring (bicyclic) bond motifs is 6. The maximum atomic E-state index is 6.24. The van der Waals surface area contributed by atoms with Crippen molar-refractivity contribution in [3.05, 3.63) is 199 Å². The Hall–Kier alpha value is -7.43. The fourth-order valence-corrected chi connectivity index (χ4v) is 8.84. The van der Waals surface area contributed by atoms with Gasteiger partial charge in [0.15, 0.2) is 17.5 Å². The Bertz CT molecular complexity index is 3200. The average molecular weight is 744 g/mol. The van der Waals surface area contributed by atoms with Crippen LogP contribution in [-0.4, -0.2) is 15.0 Å². The highest BCUT2D eigenvalue weighted by atomic mass is 16.3. The first-order valence-electron chi connectivity index (χ1n) is 19.8. The van der Waals surface area contributed by atoms with Gasteiger partial charge in [-0.15, -0.1) is 0 Å². The van der Waals surface area contributed by atoms with E-state index in [-0.39, 0.29) is 5.41 Å². The van der Waals surface area contributed by atoms with Crippen LogP contribution in [0, 0.1) is 0 Å². The molecule has 58 heavy (non-hydrogen) atoms. The summed E-state index contributed by atoms with van der Waals surface area (Å²) in [4.78, 5) is 15.4. The number of aromatic nitrogens is 3. The van der Waals surface area contributed by atoms with Gasteiger partial charge in [0.25, 0.3) is 0 Å². The number of para-hydroxylation sites is 1. The predicted molar refractivity (Wildman–Crippen MR) is 237 cm³/mol. The van der Waals surface area contributed by atoms with Gasteiger partial charge in [0.1, 0.15) is 11.2 Å². The fourth-order valence-electron chi connectivity index (χ4n) is 8.84. The van der Waals surface area contributed by atoms with Crippen molar-refractivity contribution in [2.45, 2.75) is 19.3 Å². The van der Waals surface area contributed by atoms with E-state index in [0.29, 0.717) is 17.5 Å². The van der Waals surface area contributed by atoms with Crippen molar-refractivity contribution in [2.24, 2.45) is 0 Å². The van der Waals surface area contributed by atoms with E-state index < -0.39 is 0 Å². The molecule has 1 aliphatic rings. The van der Waals surface area contributed by atoms with Gasteiger partial charge in [0.05, 0.1) is 0 Å². The van der Waals surface area contributed by atoms with E-state index >= 15 is 0 Å². The summed E-state index contributed by atoms with van der Waals surface area (Å²) in [6.45, 7) is 4.66. The quantitative estimate of drug-likeness (QED) is 0.170. The van der Waals surface area contributed by atoms with Crippen molar-refractivity contribution >= 4 is 21.9 Å². The standard InChI is InChI=1S/C54H37N3O/c1-54(2)46-32-37(41-22-10-9-21-40(41)34-15-5-3-6-16-34)27-29-43(46)44-30-28-39(33-47(44)54)53-56-51(35-17-7-4-8-18-35)55-52(57-53)38-20-13-19-36(31-38)42-24-14-26-49-50(42)45-23-11-12-25-48(45)58-49/h3-33H,1-2H3. The van der Waals surface area contributed by atoms with Crippen LogP contribution in [0.3, 0.4) is 0 Å². The molecule has 0 N–H and O–H groups in total. The second-order valence-corrected chi connectivity index (χ2v) is 15.6. The summed E-state index contributed by atoms with van der Waals surface area (Å²) in [5.74, 6) is 1.91. The summed E-state index contributed by atoms with van der Waals surface area (Å²) in [5, 5.41) is 2.20. The smallest absolute Gasteiger partial charge is 0.164 e. The molecule has 0 spiro atoms. The summed E-state index contributed by atoms with van der Waals surface area (Å²) < 4.78 is 6.24. The lowest BCUT2D eigenvalue weighted by Crippen LogP contribution is -2.15. The van der Waals surface area contributed by atoms with Gasteiger partial charge in [-0.3, -0.25) is 0 Å². The molecule has 10 aromatic rings. The van der Waals surface area contributed by atoms with E-state index in [1.807, 2.05) is 36.4 Å². The Morgan fingerprint density at radius 1 is 0.345 bits per heavy atom. The van der Waals surface area contributed by atoms with Crippen LogP contribution in [0.5, 0.6) is 0 Å². The highest BCUT2D eigenvalue weighted by molar-refractivity contribution is 6.12. The summed E-state index contributed by atoms with van der Waals surface area (Å²) in [6.07, 6.45) is 0. The molecule has 4 heteroatoms. The lowest BCUT2D eigenvalue weighted by Gasteiger charge is -2.23. The molecule has 0 fully saturated rings. The number of furan rings is 1. The molecule has 0 unspecified atom stereocenters. The van der Waals surface area contributed by atoms with Crippen LogP contribution in [0.2, 0.25) is 0 Å². The molecule has 0 bridgehead atoms. The topological polar surface area (TPSA) is 51.8 Å². The van der Waals surface area contributed by atoms with Gasteiger partial charge in [-0.2, -0.15) is 0 Å². The Morgan fingerprint density at radius 3 is 1.53 bits per heavy atom. The minimum atomic E-state index is -0.247. The number of rotatable bonds is 6. The highest BCUT2D eigenvalue weighted by Crippen LogP contribution is 2.51. The summed E-state index contributed by atoms with van der Waals surface area (Å²) in [7, 11) is 0. The number of hydrogen-bond donors (Lipinski definition) is 0. The molecule has 11 rings (SSSR count). The number of benzene rings is 8. The minimum absolute atomic E-state index is 0.247. The van der Waals surface area contributed by atoms with Crippen LogP contribution in [0.15, 0.2) is 192 Å². The Kier molecular flexibility index (Phi) is 7.80. The Balaban J connectivity index is 1.01. The van der Waals surface area contributed by atoms with Gasteiger partial charge in [-0.1, -0.05) is 172 Å². The van der Waals surface area contributed by atoms with Gasteiger partial charge >= 0.3 is 0 Å². The normalized spacial score (nSPS) is 12.8. The molecule has 0 saturated heterocycles. The molecule has 1 aliphatic carbocycles. The third-order valence-electron chi connectivity index (χ3n) is 11.8. The van der Waals surface area contributed by atoms with E-state index in [1.54, 1.807) is 0 Å². The highest BCUT2D eigenvalue weighted by Gasteiger charge is 2.36. The van der Waals surface area contributed by atoms with E-state index in [9.17, 15) is 0 Å². The van der Waals surface area contributed by atoms with Crippen LogP contribution in [0.25, 0.3) is 101 Å². The number of hydrogen-bond acceptors (Lipinski definition) is 4. The zero-order chi connectivity index (χ0) is 38.8. The molecular weight excluding hydrogens is 707 g/mol. The molecule has 2 aromatic heterocycles. The first-order chi connectivity index (χ1) is 28.5. The van der Waals surface area contributed by atoms with Crippen molar-refractivity contribution in [2.75, 3.05) is 0 Å². The van der Waals surface area contributed by atoms with Crippen molar-refractivity contribution in [3.63, 3.8) is 0 Å². The van der Waals surface area contributed by atoms with Crippen molar-refractivity contribution in [1.82, 2.24) is 15.0 Å². The van der Waals surface area contributed by atoms with E-state index in [1.165, 1.54) is 44.5 Å². The van der Waals surface area contributed by atoms with Crippen LogP contribution in [-0.2, 0) is 5.41 Å². The molecule has 0 saturated carbocycles. The SMILES string of the molecule is CC1(C)c2cc(-c3nc(-c4ccccc4)nc(-c4cccc(-c5cccc6oc7ccccc7c56)c4)n3)ccc2-c2ccc(-c3ccccc3-c3ccccc3)cc21. The monoisotopic (exact) mass is 743 g/mol. The van der Waals surface area contributed by atoms with Crippen LogP contribution in [0.1, 0.15) is 25.0 Å². The maximum Gasteiger partial charge on any atom is 0.164 e. The largest absolute Gasteiger partial charge is 0.456 e. The number of nitrogens with zero attached hydrogens (tertiary/aromatic N) is 3. The zero-order valence-corrected chi connectivity index (χ0v) is 32.1. The van der Waals surface area contributed by atoms with Crippen LogP contribution in [0.4, 0.5) is 0 Å². The Labute approximate surface area is 337 Å². The maximum absolute atomic E-state index is 6.24. The summed E-state index contributed by atoms with van der Waals surface area (Å²) in [5.41, 5.74) is 16.5. The third-order valence-corrected chi connectivity index (χ3v) is 11.8. The Morgan fingerprint density at radius 2 is 0.810 bits per heavy atom. The minimum Gasteiger partial charge on any atom is -0.456 e. The van der Waals surface area contributed by atoms with Gasteiger partial charge in [-0.25, -0.2) is 15.0 Å².